The Hall–Kier alpha value is -0.910. The lowest BCUT2D eigenvalue weighted by molar-refractivity contribution is -0.141. The Balaban J connectivity index is 1.93. The first-order valence-electron chi connectivity index (χ1n) is 6.45. The minimum atomic E-state index is -0.328. The van der Waals surface area contributed by atoms with E-state index >= 15 is 0 Å². The van der Waals surface area contributed by atoms with Gasteiger partial charge in [0.05, 0.1) is 6.10 Å². The van der Waals surface area contributed by atoms with Gasteiger partial charge in [0.15, 0.2) is 0 Å². The number of halogens is 1. The molecule has 0 aliphatic carbocycles. The fraction of sp³-hybridized carbons (Fsp3) is 0.500. The second-order valence-electron chi connectivity index (χ2n) is 4.88. The van der Waals surface area contributed by atoms with Gasteiger partial charge < -0.3 is 15.4 Å². The van der Waals surface area contributed by atoms with Gasteiger partial charge in [-0.05, 0) is 30.5 Å². The molecule has 2 N–H and O–H groups in total. The Morgan fingerprint density at radius 3 is 2.95 bits per heavy atom. The van der Waals surface area contributed by atoms with E-state index in [0.717, 1.165) is 22.9 Å². The number of hydrogen-bond donors (Lipinski definition) is 1. The summed E-state index contributed by atoms with van der Waals surface area (Å²) < 4.78 is 6.65. The molecule has 1 aliphatic rings. The van der Waals surface area contributed by atoms with Crippen LogP contribution in [0.4, 0.5) is 0 Å². The molecule has 1 aromatic rings. The zero-order chi connectivity index (χ0) is 13.8. The Kier molecular flexibility index (Phi) is 4.96. The molecule has 0 bridgehead atoms. The number of hydrogen-bond acceptors (Lipinski definition) is 3. The van der Waals surface area contributed by atoms with Crippen molar-refractivity contribution in [2.45, 2.75) is 31.6 Å². The van der Waals surface area contributed by atoms with Crippen molar-refractivity contribution in [3.63, 3.8) is 0 Å². The summed E-state index contributed by atoms with van der Waals surface area (Å²) in [4.78, 5) is 14.0. The van der Waals surface area contributed by atoms with Crippen molar-refractivity contribution in [1.29, 1.82) is 0 Å². The first-order valence-corrected chi connectivity index (χ1v) is 7.24. The summed E-state index contributed by atoms with van der Waals surface area (Å²) in [6, 6.07) is 7.96. The molecule has 1 aromatic carbocycles. The second-order valence-corrected chi connectivity index (χ2v) is 5.80. The fourth-order valence-corrected chi connectivity index (χ4v) is 2.74. The van der Waals surface area contributed by atoms with Gasteiger partial charge in [0.1, 0.15) is 6.10 Å². The smallest absolute Gasteiger partial charge is 0.251 e. The van der Waals surface area contributed by atoms with Crippen molar-refractivity contribution in [3.8, 4) is 0 Å². The number of rotatable bonds is 4. The first-order chi connectivity index (χ1) is 9.10. The van der Waals surface area contributed by atoms with Crippen molar-refractivity contribution in [1.82, 2.24) is 4.90 Å². The molecule has 0 aromatic heterocycles. The molecule has 0 radical (unpaired) electrons. The highest BCUT2D eigenvalue weighted by Gasteiger charge is 2.31. The molecule has 4 nitrogen and oxygen atoms in total. The van der Waals surface area contributed by atoms with Crippen LogP contribution in [-0.4, -0.2) is 36.6 Å². The molecule has 1 saturated heterocycles. The number of nitrogens with zero attached hydrogens (tertiary/aromatic N) is 1. The maximum absolute atomic E-state index is 12.2. The predicted molar refractivity (Wildman–Crippen MR) is 77.6 cm³/mol. The van der Waals surface area contributed by atoms with E-state index in [2.05, 4.69) is 15.9 Å². The molecule has 104 valence electrons. The molecule has 1 heterocycles. The number of likely N-dealkylation sites (N-methyl/N-ethyl adjacent to an activating group) is 1. The number of nitrogens with two attached hydrogens (primary N) is 1. The quantitative estimate of drug-likeness (QED) is 0.919. The standard InChI is InChI=1S/C14H19BrN2O2/c1-17(9-10-3-2-4-11(15)7-10)14(18)13-6-5-12(8-16)19-13/h2-4,7,12-13H,5-6,8-9,16H2,1H3/t12-,13+/m1/s1. The van der Waals surface area contributed by atoms with Gasteiger partial charge in [0.2, 0.25) is 0 Å². The van der Waals surface area contributed by atoms with Crippen LogP contribution in [-0.2, 0) is 16.1 Å². The topological polar surface area (TPSA) is 55.6 Å². The van der Waals surface area contributed by atoms with Gasteiger partial charge in [-0.1, -0.05) is 28.1 Å². The van der Waals surface area contributed by atoms with Gasteiger partial charge in [0.25, 0.3) is 5.91 Å². The molecule has 2 rings (SSSR count). The molecular formula is C14H19BrN2O2. The zero-order valence-electron chi connectivity index (χ0n) is 11.0. The number of carbonyl (C=O) groups excluding carboxylic acids is 1. The molecular weight excluding hydrogens is 308 g/mol. The van der Waals surface area contributed by atoms with Crippen molar-refractivity contribution in [2.24, 2.45) is 5.73 Å². The third kappa shape index (κ3) is 3.78. The maximum Gasteiger partial charge on any atom is 0.251 e. The van der Waals surface area contributed by atoms with Gasteiger partial charge in [0, 0.05) is 24.6 Å². The highest BCUT2D eigenvalue weighted by Crippen LogP contribution is 2.21. The number of amides is 1. The van der Waals surface area contributed by atoms with Gasteiger partial charge >= 0.3 is 0 Å². The van der Waals surface area contributed by atoms with E-state index in [1.807, 2.05) is 31.3 Å². The predicted octanol–water partition coefficient (Wildman–Crippen LogP) is 1.91. The minimum absolute atomic E-state index is 0.0354. The van der Waals surface area contributed by atoms with E-state index in [9.17, 15) is 4.79 Å². The van der Waals surface area contributed by atoms with Crippen LogP contribution in [0.5, 0.6) is 0 Å². The summed E-state index contributed by atoms with van der Waals surface area (Å²) in [5.41, 5.74) is 6.65. The third-order valence-electron chi connectivity index (χ3n) is 3.33. The second kappa shape index (κ2) is 6.50. The highest BCUT2D eigenvalue weighted by atomic mass is 79.9. The van der Waals surface area contributed by atoms with Crippen LogP contribution in [0.1, 0.15) is 18.4 Å². The summed E-state index contributed by atoms with van der Waals surface area (Å²) in [5.74, 6) is 0.0379. The van der Waals surface area contributed by atoms with Gasteiger partial charge in [-0.15, -0.1) is 0 Å². The lowest BCUT2D eigenvalue weighted by Gasteiger charge is -2.21. The summed E-state index contributed by atoms with van der Waals surface area (Å²) in [6.45, 7) is 1.07. The lowest BCUT2D eigenvalue weighted by atomic mass is 10.1. The van der Waals surface area contributed by atoms with Crippen molar-refractivity contribution in [3.05, 3.63) is 34.3 Å². The summed E-state index contributed by atoms with van der Waals surface area (Å²) in [5, 5.41) is 0. The van der Waals surface area contributed by atoms with E-state index in [4.69, 9.17) is 10.5 Å². The fourth-order valence-electron chi connectivity index (χ4n) is 2.29. The van der Waals surface area contributed by atoms with Crippen LogP contribution in [0.25, 0.3) is 0 Å². The average molecular weight is 327 g/mol. The Morgan fingerprint density at radius 1 is 1.53 bits per heavy atom. The molecule has 0 saturated carbocycles. The van der Waals surface area contributed by atoms with Gasteiger partial charge in [-0.25, -0.2) is 0 Å². The normalized spacial score (nSPS) is 22.5. The third-order valence-corrected chi connectivity index (χ3v) is 3.82. The van der Waals surface area contributed by atoms with Crippen molar-refractivity contribution >= 4 is 21.8 Å². The SMILES string of the molecule is CN(Cc1cccc(Br)c1)C(=O)[C@@H]1CC[C@H](CN)O1. The lowest BCUT2D eigenvalue weighted by Crippen LogP contribution is -2.36. The van der Waals surface area contributed by atoms with Crippen LogP contribution in [0.3, 0.4) is 0 Å². The van der Waals surface area contributed by atoms with Gasteiger partial charge in [-0.2, -0.15) is 0 Å². The van der Waals surface area contributed by atoms with E-state index in [0.29, 0.717) is 13.1 Å². The van der Waals surface area contributed by atoms with Crippen LogP contribution in [0, 0.1) is 0 Å². The molecule has 1 amide bonds. The largest absolute Gasteiger partial charge is 0.364 e. The monoisotopic (exact) mass is 326 g/mol. The van der Waals surface area contributed by atoms with E-state index in [1.165, 1.54) is 0 Å². The van der Waals surface area contributed by atoms with Gasteiger partial charge in [-0.3, -0.25) is 4.79 Å². The van der Waals surface area contributed by atoms with Crippen molar-refractivity contribution < 1.29 is 9.53 Å². The Labute approximate surface area is 122 Å². The van der Waals surface area contributed by atoms with Crippen LogP contribution < -0.4 is 5.73 Å². The Morgan fingerprint density at radius 2 is 2.32 bits per heavy atom. The van der Waals surface area contributed by atoms with Crippen LogP contribution in [0.2, 0.25) is 0 Å². The van der Waals surface area contributed by atoms with E-state index < -0.39 is 0 Å². The number of benzene rings is 1. The minimum Gasteiger partial charge on any atom is -0.364 e. The van der Waals surface area contributed by atoms with E-state index in [-0.39, 0.29) is 18.1 Å². The molecule has 1 aliphatic heterocycles. The molecule has 0 unspecified atom stereocenters. The van der Waals surface area contributed by atoms with Crippen LogP contribution >= 0.6 is 15.9 Å². The zero-order valence-corrected chi connectivity index (χ0v) is 12.6. The molecule has 2 atom stereocenters. The Bertz CT molecular complexity index is 453. The molecule has 1 fully saturated rings. The number of carbonyl (C=O) groups is 1. The van der Waals surface area contributed by atoms with Crippen molar-refractivity contribution in [2.75, 3.05) is 13.6 Å². The first kappa shape index (κ1) is 14.5. The average Bonchev–Trinajstić information content (AvgIpc) is 2.86. The van der Waals surface area contributed by atoms with E-state index in [1.54, 1.807) is 4.90 Å². The van der Waals surface area contributed by atoms with Crippen LogP contribution in [0.15, 0.2) is 28.7 Å². The summed E-state index contributed by atoms with van der Waals surface area (Å²) >= 11 is 3.43. The summed E-state index contributed by atoms with van der Waals surface area (Å²) in [7, 11) is 1.81. The molecule has 0 spiro atoms. The maximum atomic E-state index is 12.2. The summed E-state index contributed by atoms with van der Waals surface area (Å²) in [6.07, 6.45) is 1.35. The molecule has 5 heteroatoms. The number of ether oxygens (including phenoxy) is 1. The highest BCUT2D eigenvalue weighted by molar-refractivity contribution is 9.10. The molecule has 19 heavy (non-hydrogen) atoms.